The number of carbonyl (C=O) groups excluding carboxylic acids is 2. The summed E-state index contributed by atoms with van der Waals surface area (Å²) in [6.45, 7) is 4.21. The highest BCUT2D eigenvalue weighted by molar-refractivity contribution is 6.31. The lowest BCUT2D eigenvalue weighted by atomic mass is 10.2. The van der Waals surface area contributed by atoms with Gasteiger partial charge in [-0.05, 0) is 18.2 Å². The number of carbonyl (C=O) groups is 2. The SMILES string of the molecule is CC(=O)N1CCN(c2ccc(Cl)cc2NC(=O)CC#N)CC1. The summed E-state index contributed by atoms with van der Waals surface area (Å²) in [7, 11) is 0. The van der Waals surface area contributed by atoms with Gasteiger partial charge in [-0.15, -0.1) is 0 Å². The molecule has 0 unspecified atom stereocenters. The second-order valence-electron chi connectivity index (χ2n) is 5.04. The van der Waals surface area contributed by atoms with Crippen molar-refractivity contribution in [1.82, 2.24) is 4.90 Å². The van der Waals surface area contributed by atoms with Gasteiger partial charge in [0.2, 0.25) is 11.8 Å². The highest BCUT2D eigenvalue weighted by Gasteiger charge is 2.21. The lowest BCUT2D eigenvalue weighted by Crippen LogP contribution is -2.48. The van der Waals surface area contributed by atoms with Gasteiger partial charge in [-0.1, -0.05) is 11.6 Å². The molecule has 0 atom stereocenters. The molecule has 0 aromatic heterocycles. The zero-order valence-electron chi connectivity index (χ0n) is 12.3. The zero-order valence-corrected chi connectivity index (χ0v) is 13.1. The fourth-order valence-corrected chi connectivity index (χ4v) is 2.58. The second kappa shape index (κ2) is 7.14. The van der Waals surface area contributed by atoms with Crippen LogP contribution in [-0.2, 0) is 9.59 Å². The molecule has 0 bridgehead atoms. The van der Waals surface area contributed by atoms with Gasteiger partial charge in [0.05, 0.1) is 17.4 Å². The average molecular weight is 321 g/mol. The summed E-state index contributed by atoms with van der Waals surface area (Å²) in [4.78, 5) is 26.9. The van der Waals surface area contributed by atoms with Crippen molar-refractivity contribution in [2.45, 2.75) is 13.3 Å². The Hall–Kier alpha value is -2.26. The minimum Gasteiger partial charge on any atom is -0.366 e. The van der Waals surface area contributed by atoms with Crippen molar-refractivity contribution in [3.05, 3.63) is 23.2 Å². The van der Waals surface area contributed by atoms with E-state index in [-0.39, 0.29) is 18.2 Å². The molecule has 0 aliphatic carbocycles. The molecule has 0 spiro atoms. The molecule has 1 aliphatic rings. The Morgan fingerprint density at radius 3 is 2.59 bits per heavy atom. The smallest absolute Gasteiger partial charge is 0.238 e. The predicted molar refractivity (Wildman–Crippen MR) is 84.8 cm³/mol. The Bertz CT molecular complexity index is 618. The number of nitrogens with one attached hydrogen (secondary N) is 1. The van der Waals surface area contributed by atoms with Gasteiger partial charge in [0.25, 0.3) is 0 Å². The fourth-order valence-electron chi connectivity index (χ4n) is 2.41. The molecule has 2 amide bonds. The highest BCUT2D eigenvalue weighted by Crippen LogP contribution is 2.30. The largest absolute Gasteiger partial charge is 0.366 e. The van der Waals surface area contributed by atoms with Gasteiger partial charge >= 0.3 is 0 Å². The van der Waals surface area contributed by atoms with E-state index in [1.165, 1.54) is 0 Å². The number of benzene rings is 1. The zero-order chi connectivity index (χ0) is 16.1. The lowest BCUT2D eigenvalue weighted by molar-refractivity contribution is -0.129. The van der Waals surface area contributed by atoms with E-state index in [9.17, 15) is 9.59 Å². The Balaban J connectivity index is 2.15. The molecule has 6 nitrogen and oxygen atoms in total. The van der Waals surface area contributed by atoms with Crippen LogP contribution in [0.15, 0.2) is 18.2 Å². The van der Waals surface area contributed by atoms with Crippen LogP contribution in [0.5, 0.6) is 0 Å². The first-order valence-corrected chi connectivity index (χ1v) is 7.36. The van der Waals surface area contributed by atoms with Gasteiger partial charge in [0.15, 0.2) is 0 Å². The third-order valence-electron chi connectivity index (χ3n) is 3.54. The number of nitriles is 1. The molecule has 22 heavy (non-hydrogen) atoms. The third-order valence-corrected chi connectivity index (χ3v) is 3.77. The molecule has 1 aromatic rings. The maximum atomic E-state index is 11.7. The van der Waals surface area contributed by atoms with Crippen LogP contribution in [0.4, 0.5) is 11.4 Å². The molecule has 1 aromatic carbocycles. The van der Waals surface area contributed by atoms with E-state index in [1.807, 2.05) is 12.1 Å². The van der Waals surface area contributed by atoms with Crippen LogP contribution in [0.1, 0.15) is 13.3 Å². The average Bonchev–Trinajstić information content (AvgIpc) is 2.48. The van der Waals surface area contributed by atoms with Gasteiger partial charge in [-0.2, -0.15) is 5.26 Å². The summed E-state index contributed by atoms with van der Waals surface area (Å²) >= 11 is 5.99. The van der Waals surface area contributed by atoms with Crippen molar-refractivity contribution in [1.29, 1.82) is 5.26 Å². The predicted octanol–water partition coefficient (Wildman–Crippen LogP) is 1.86. The van der Waals surface area contributed by atoms with Crippen LogP contribution < -0.4 is 10.2 Å². The number of amides is 2. The van der Waals surface area contributed by atoms with Gasteiger partial charge in [-0.3, -0.25) is 9.59 Å². The van der Waals surface area contributed by atoms with Crippen molar-refractivity contribution in [3.8, 4) is 6.07 Å². The van der Waals surface area contributed by atoms with E-state index < -0.39 is 0 Å². The molecular weight excluding hydrogens is 304 g/mol. The fraction of sp³-hybridized carbons (Fsp3) is 0.400. The molecule has 1 N–H and O–H groups in total. The van der Waals surface area contributed by atoms with Crippen LogP contribution in [0.2, 0.25) is 5.02 Å². The van der Waals surface area contributed by atoms with Crippen molar-refractivity contribution >= 4 is 34.8 Å². The molecule has 1 fully saturated rings. The van der Waals surface area contributed by atoms with Crippen LogP contribution in [0.3, 0.4) is 0 Å². The number of hydrogen-bond acceptors (Lipinski definition) is 4. The van der Waals surface area contributed by atoms with Crippen LogP contribution in [-0.4, -0.2) is 42.9 Å². The number of hydrogen-bond donors (Lipinski definition) is 1. The number of halogens is 1. The van der Waals surface area contributed by atoms with Crippen molar-refractivity contribution < 1.29 is 9.59 Å². The first kappa shape index (κ1) is 16.1. The maximum Gasteiger partial charge on any atom is 0.238 e. The van der Waals surface area contributed by atoms with E-state index in [1.54, 1.807) is 24.0 Å². The molecule has 1 heterocycles. The summed E-state index contributed by atoms with van der Waals surface area (Å²) in [5.41, 5.74) is 1.43. The van der Waals surface area contributed by atoms with E-state index in [2.05, 4.69) is 10.2 Å². The first-order valence-electron chi connectivity index (χ1n) is 6.98. The Morgan fingerprint density at radius 2 is 2.00 bits per heavy atom. The molecular formula is C15H17ClN4O2. The van der Waals surface area contributed by atoms with Gasteiger partial charge in [-0.25, -0.2) is 0 Å². The molecule has 0 saturated carbocycles. The number of anilines is 2. The summed E-state index contributed by atoms with van der Waals surface area (Å²) < 4.78 is 0. The summed E-state index contributed by atoms with van der Waals surface area (Å²) in [6.07, 6.45) is -0.204. The standard InChI is InChI=1S/C15H17ClN4O2/c1-11(21)19-6-8-20(9-7-19)14-3-2-12(16)10-13(14)18-15(22)4-5-17/h2-3,10H,4,6-9H2,1H3,(H,18,22). The highest BCUT2D eigenvalue weighted by atomic mass is 35.5. The summed E-state index contributed by atoms with van der Waals surface area (Å²) in [5.74, 6) is -0.299. The topological polar surface area (TPSA) is 76.4 Å². The minimum absolute atomic E-state index is 0.0679. The number of nitrogens with zero attached hydrogens (tertiary/aromatic N) is 3. The van der Waals surface area contributed by atoms with Crippen LogP contribution in [0.25, 0.3) is 0 Å². The first-order chi connectivity index (χ1) is 10.5. The summed E-state index contributed by atoms with van der Waals surface area (Å²) in [6, 6.07) is 7.09. The van der Waals surface area contributed by atoms with Crippen LogP contribution >= 0.6 is 11.6 Å². The quantitative estimate of drug-likeness (QED) is 0.922. The normalized spacial score (nSPS) is 14.4. The minimum atomic E-state index is -0.367. The monoisotopic (exact) mass is 320 g/mol. The lowest BCUT2D eigenvalue weighted by Gasteiger charge is -2.36. The van der Waals surface area contributed by atoms with Crippen LogP contribution in [0, 0.1) is 11.3 Å². The summed E-state index contributed by atoms with van der Waals surface area (Å²) in [5, 5.41) is 11.8. The Kier molecular flexibility index (Phi) is 5.23. The maximum absolute atomic E-state index is 11.7. The number of rotatable bonds is 3. The van der Waals surface area contributed by atoms with Gasteiger partial charge in [0.1, 0.15) is 6.42 Å². The third kappa shape index (κ3) is 3.89. The molecule has 2 rings (SSSR count). The van der Waals surface area contributed by atoms with Crippen molar-refractivity contribution in [2.24, 2.45) is 0 Å². The van der Waals surface area contributed by atoms with Gasteiger partial charge < -0.3 is 15.1 Å². The molecule has 1 aliphatic heterocycles. The second-order valence-corrected chi connectivity index (χ2v) is 5.47. The molecule has 0 radical (unpaired) electrons. The number of piperazine rings is 1. The van der Waals surface area contributed by atoms with E-state index in [0.29, 0.717) is 36.9 Å². The Morgan fingerprint density at radius 1 is 1.32 bits per heavy atom. The molecule has 7 heteroatoms. The van der Waals surface area contributed by atoms with E-state index in [4.69, 9.17) is 16.9 Å². The van der Waals surface area contributed by atoms with Crippen molar-refractivity contribution in [2.75, 3.05) is 36.4 Å². The van der Waals surface area contributed by atoms with Crippen molar-refractivity contribution in [3.63, 3.8) is 0 Å². The van der Waals surface area contributed by atoms with E-state index in [0.717, 1.165) is 5.69 Å². The molecule has 1 saturated heterocycles. The molecule has 116 valence electrons. The van der Waals surface area contributed by atoms with E-state index >= 15 is 0 Å². The van der Waals surface area contributed by atoms with Gasteiger partial charge in [0, 0.05) is 38.1 Å². The Labute approximate surface area is 134 Å².